The van der Waals surface area contributed by atoms with E-state index in [0.717, 1.165) is 16.7 Å². The highest BCUT2D eigenvalue weighted by Gasteiger charge is 2.27. The summed E-state index contributed by atoms with van der Waals surface area (Å²) >= 11 is 0. The van der Waals surface area contributed by atoms with Gasteiger partial charge in [-0.1, -0.05) is 53.6 Å². The molecule has 2 heterocycles. The Labute approximate surface area is 201 Å². The lowest BCUT2D eigenvalue weighted by molar-refractivity contribution is -0.116. The Bertz CT molecular complexity index is 1340. The topological polar surface area (TPSA) is 111 Å². The molecule has 3 aromatic carbocycles. The third-order valence-electron chi connectivity index (χ3n) is 5.34. The number of carbonyl (C=O) groups is 1. The van der Waals surface area contributed by atoms with Crippen LogP contribution in [-0.4, -0.2) is 48.3 Å². The van der Waals surface area contributed by atoms with Gasteiger partial charge in [0.15, 0.2) is 0 Å². The first-order valence-electron chi connectivity index (χ1n) is 11.1. The van der Waals surface area contributed by atoms with Crippen LogP contribution in [0.15, 0.2) is 88.3 Å². The predicted molar refractivity (Wildman–Crippen MR) is 132 cm³/mol. The molecule has 1 aromatic heterocycles. The maximum absolute atomic E-state index is 13.0. The normalized spacial score (nSPS) is 14.9. The van der Waals surface area contributed by atoms with E-state index in [1.807, 2.05) is 78.9 Å². The summed E-state index contributed by atoms with van der Waals surface area (Å²) < 4.78 is 16.3. The molecule has 0 saturated heterocycles. The molecule has 1 aliphatic heterocycles. The Morgan fingerprint density at radius 1 is 0.914 bits per heavy atom. The molecule has 1 atom stereocenters. The molecular weight excluding hydrogens is 446 g/mol. The summed E-state index contributed by atoms with van der Waals surface area (Å²) in [6, 6.07) is 24.6. The number of carbonyl (C=O) groups excluding carboxylic acids is 1. The summed E-state index contributed by atoms with van der Waals surface area (Å²) in [7, 11) is 1.62. The molecule has 2 N–H and O–H groups in total. The SMILES string of the molecule is COCCOc1ccc(-c2nnc(NC3N=C(c4ccccc4)c4ccccc4NC3=O)o2)cc1. The van der Waals surface area contributed by atoms with Crippen molar-refractivity contribution in [2.75, 3.05) is 31.0 Å². The number of hydrogen-bond donors (Lipinski definition) is 2. The van der Waals surface area contributed by atoms with Crippen molar-refractivity contribution in [2.45, 2.75) is 6.17 Å². The Kier molecular flexibility index (Phi) is 6.49. The van der Waals surface area contributed by atoms with Gasteiger partial charge in [0.05, 0.1) is 18.0 Å². The molecule has 9 heteroatoms. The Morgan fingerprint density at radius 2 is 1.69 bits per heavy atom. The molecule has 176 valence electrons. The van der Waals surface area contributed by atoms with E-state index in [2.05, 4.69) is 20.8 Å². The van der Waals surface area contributed by atoms with Crippen LogP contribution in [0.2, 0.25) is 0 Å². The first kappa shape index (κ1) is 22.3. The largest absolute Gasteiger partial charge is 0.491 e. The number of methoxy groups -OCH3 is 1. The van der Waals surface area contributed by atoms with Gasteiger partial charge in [-0.2, -0.15) is 0 Å². The molecular formula is C26H23N5O4. The third-order valence-corrected chi connectivity index (χ3v) is 5.34. The summed E-state index contributed by atoms with van der Waals surface area (Å²) in [6.07, 6.45) is -0.970. The van der Waals surface area contributed by atoms with Crippen molar-refractivity contribution < 1.29 is 18.7 Å². The summed E-state index contributed by atoms with van der Waals surface area (Å²) in [5.41, 5.74) is 3.80. The maximum Gasteiger partial charge on any atom is 0.317 e. The minimum atomic E-state index is -0.970. The van der Waals surface area contributed by atoms with Gasteiger partial charge in [-0.15, -0.1) is 5.10 Å². The number of benzodiazepines with no additional fused rings is 1. The van der Waals surface area contributed by atoms with Gasteiger partial charge in [0.1, 0.15) is 12.4 Å². The second-order valence-corrected chi connectivity index (χ2v) is 7.70. The van der Waals surface area contributed by atoms with Gasteiger partial charge in [-0.25, -0.2) is 4.99 Å². The zero-order chi connectivity index (χ0) is 24.0. The quantitative estimate of drug-likeness (QED) is 0.375. The van der Waals surface area contributed by atoms with Crippen LogP contribution in [0.4, 0.5) is 11.7 Å². The number of benzene rings is 3. The summed E-state index contributed by atoms with van der Waals surface area (Å²) in [5, 5.41) is 14.1. The minimum absolute atomic E-state index is 0.0858. The number of nitrogens with one attached hydrogen (secondary N) is 2. The van der Waals surface area contributed by atoms with Gasteiger partial charge in [0.25, 0.3) is 5.91 Å². The molecule has 0 bridgehead atoms. The molecule has 0 fully saturated rings. The minimum Gasteiger partial charge on any atom is -0.491 e. The number of nitrogens with zero attached hydrogens (tertiary/aromatic N) is 3. The van der Waals surface area contributed by atoms with E-state index in [1.54, 1.807) is 7.11 Å². The summed E-state index contributed by atoms with van der Waals surface area (Å²) in [4.78, 5) is 17.7. The zero-order valence-corrected chi connectivity index (χ0v) is 19.0. The Morgan fingerprint density at radius 3 is 2.49 bits per heavy atom. The Hall–Kier alpha value is -4.50. The van der Waals surface area contributed by atoms with Gasteiger partial charge in [-0.05, 0) is 30.3 Å². The van der Waals surface area contributed by atoms with Crippen LogP contribution in [0, 0.1) is 0 Å². The van der Waals surface area contributed by atoms with E-state index in [4.69, 9.17) is 18.9 Å². The highest BCUT2D eigenvalue weighted by Crippen LogP contribution is 2.26. The number of rotatable bonds is 8. The fraction of sp³-hybridized carbons (Fsp3) is 0.154. The highest BCUT2D eigenvalue weighted by molar-refractivity contribution is 6.19. The number of ether oxygens (including phenoxy) is 2. The lowest BCUT2D eigenvalue weighted by Gasteiger charge is -2.11. The van der Waals surface area contributed by atoms with Crippen LogP contribution in [0.3, 0.4) is 0 Å². The van der Waals surface area contributed by atoms with Crippen molar-refractivity contribution in [3.8, 4) is 17.2 Å². The molecule has 0 radical (unpaired) electrons. The van der Waals surface area contributed by atoms with Crippen molar-refractivity contribution in [3.63, 3.8) is 0 Å². The van der Waals surface area contributed by atoms with Crippen LogP contribution < -0.4 is 15.4 Å². The fourth-order valence-corrected chi connectivity index (χ4v) is 3.63. The van der Waals surface area contributed by atoms with Crippen LogP contribution in [0.25, 0.3) is 11.5 Å². The first-order valence-corrected chi connectivity index (χ1v) is 11.1. The summed E-state index contributed by atoms with van der Waals surface area (Å²) in [6.45, 7) is 0.970. The molecule has 35 heavy (non-hydrogen) atoms. The zero-order valence-electron chi connectivity index (χ0n) is 19.0. The van der Waals surface area contributed by atoms with E-state index in [-0.39, 0.29) is 11.9 Å². The third kappa shape index (κ3) is 5.04. The number of aliphatic imine (C=N–C) groups is 1. The lowest BCUT2D eigenvalue weighted by Crippen LogP contribution is -2.32. The lowest BCUT2D eigenvalue weighted by atomic mass is 10.0. The van der Waals surface area contributed by atoms with Crippen molar-refractivity contribution >= 4 is 23.3 Å². The van der Waals surface area contributed by atoms with Crippen molar-refractivity contribution in [3.05, 3.63) is 90.0 Å². The number of fused-ring (bicyclic) bond motifs is 1. The fourth-order valence-electron chi connectivity index (χ4n) is 3.63. The number of amides is 1. The second kappa shape index (κ2) is 10.2. The number of hydrogen-bond acceptors (Lipinski definition) is 8. The first-order chi connectivity index (χ1) is 17.2. The van der Waals surface area contributed by atoms with E-state index in [9.17, 15) is 4.79 Å². The molecule has 1 aliphatic rings. The molecule has 5 rings (SSSR count). The van der Waals surface area contributed by atoms with Crippen LogP contribution in [-0.2, 0) is 9.53 Å². The number of para-hydroxylation sites is 1. The monoisotopic (exact) mass is 469 g/mol. The molecule has 1 amide bonds. The van der Waals surface area contributed by atoms with E-state index < -0.39 is 6.17 Å². The van der Waals surface area contributed by atoms with Crippen molar-refractivity contribution in [1.82, 2.24) is 10.2 Å². The van der Waals surface area contributed by atoms with Gasteiger partial charge in [-0.3, -0.25) is 4.79 Å². The smallest absolute Gasteiger partial charge is 0.317 e. The maximum atomic E-state index is 13.0. The molecule has 0 aliphatic carbocycles. The molecule has 0 saturated carbocycles. The van der Waals surface area contributed by atoms with E-state index in [1.165, 1.54) is 0 Å². The van der Waals surface area contributed by atoms with Crippen LogP contribution in [0.1, 0.15) is 11.1 Å². The van der Waals surface area contributed by atoms with Crippen molar-refractivity contribution in [1.29, 1.82) is 0 Å². The van der Waals surface area contributed by atoms with Gasteiger partial charge in [0.2, 0.25) is 12.1 Å². The van der Waals surface area contributed by atoms with Gasteiger partial charge in [0, 0.05) is 23.8 Å². The highest BCUT2D eigenvalue weighted by atomic mass is 16.5. The van der Waals surface area contributed by atoms with Crippen LogP contribution >= 0.6 is 0 Å². The number of anilines is 2. The summed E-state index contributed by atoms with van der Waals surface area (Å²) in [5.74, 6) is 0.683. The van der Waals surface area contributed by atoms with Crippen LogP contribution in [0.5, 0.6) is 5.75 Å². The Balaban J connectivity index is 1.38. The molecule has 1 unspecified atom stereocenters. The van der Waals surface area contributed by atoms with Crippen molar-refractivity contribution in [2.24, 2.45) is 4.99 Å². The average Bonchev–Trinajstić information content (AvgIpc) is 3.31. The van der Waals surface area contributed by atoms with Gasteiger partial charge < -0.3 is 24.5 Å². The van der Waals surface area contributed by atoms with E-state index >= 15 is 0 Å². The standard InChI is InChI=1S/C26H23N5O4/c1-33-15-16-34-19-13-11-18(12-14-19)25-30-31-26(35-25)29-23-24(32)27-21-10-6-5-9-20(21)22(28-23)17-7-3-2-4-8-17/h2-14,23H,15-16H2,1H3,(H,27,32)(H,29,31). The van der Waals surface area contributed by atoms with Gasteiger partial charge >= 0.3 is 6.01 Å². The molecule has 4 aromatic rings. The second-order valence-electron chi connectivity index (χ2n) is 7.70. The van der Waals surface area contributed by atoms with E-state index in [0.29, 0.717) is 36.3 Å². The number of aromatic nitrogens is 2. The predicted octanol–water partition coefficient (Wildman–Crippen LogP) is 3.99. The average molecular weight is 470 g/mol. The molecule has 9 nitrogen and oxygen atoms in total. The molecule has 0 spiro atoms.